The maximum absolute atomic E-state index is 10.2. The first kappa shape index (κ1) is 70.7. The number of aliphatic hydroxyl groups excluding tert-OH is 1. The zero-order valence-corrected chi connectivity index (χ0v) is 49.6. The summed E-state index contributed by atoms with van der Waals surface area (Å²) in [7, 11) is 5.65. The molecule has 4 aromatic heterocycles. The van der Waals surface area contributed by atoms with Crippen LogP contribution in [-0.4, -0.2) is 20.9 Å². The van der Waals surface area contributed by atoms with Crippen molar-refractivity contribution in [2.24, 2.45) is 10.3 Å². The van der Waals surface area contributed by atoms with E-state index < -0.39 is 9.90 Å². The summed E-state index contributed by atoms with van der Waals surface area (Å²) >= 11 is 2.32. The van der Waals surface area contributed by atoms with E-state index in [4.69, 9.17) is 43.4 Å². The van der Waals surface area contributed by atoms with Gasteiger partial charge in [0.05, 0.1) is 30.1 Å². The number of nitrogens with zero attached hydrogens (tertiary/aromatic N) is 1. The Labute approximate surface area is 485 Å². The number of rotatable bonds is 15. The molecular weight excluding hydrogens is 1170 g/mol. The number of halogens is 2. The number of ketones is 1. The third-order valence-electron chi connectivity index (χ3n) is 8.58. The molecule has 0 spiro atoms. The van der Waals surface area contributed by atoms with Crippen LogP contribution >= 0.6 is 33.3 Å². The van der Waals surface area contributed by atoms with Gasteiger partial charge in [-0.2, -0.15) is 6.07 Å². The van der Waals surface area contributed by atoms with E-state index in [2.05, 4.69) is 82.4 Å². The molecule has 2 unspecified atom stereocenters. The van der Waals surface area contributed by atoms with Crippen molar-refractivity contribution < 1.29 is 98.8 Å². The van der Waals surface area contributed by atoms with Crippen LogP contribution < -0.4 is 18.9 Å². The minimum Gasteiger partial charge on any atom is -0.599 e. The van der Waals surface area contributed by atoms with Gasteiger partial charge in [0.25, 0.3) is 0 Å². The second-order valence-corrected chi connectivity index (χ2v) is 18.6. The Bertz CT molecular complexity index is 2090. The van der Waals surface area contributed by atoms with E-state index in [0.29, 0.717) is 11.7 Å². The number of alkyl halides is 1. The van der Waals surface area contributed by atoms with E-state index in [1.165, 1.54) is 4.43 Å². The zero-order chi connectivity index (χ0) is 48.4. The zero-order valence-electron chi connectivity index (χ0n) is 41.0. The molecule has 0 saturated heterocycles. The molecule has 0 amide bonds. The molecule has 7 nitrogen and oxygen atoms in total. The second-order valence-electron chi connectivity index (χ2n) is 15.6. The fourth-order valence-electron chi connectivity index (χ4n) is 5.38. The minimum atomic E-state index is -0.506. The summed E-state index contributed by atoms with van der Waals surface area (Å²) in [6.45, 7) is 11.4. The third-order valence-corrected chi connectivity index (χ3v) is 11.5. The van der Waals surface area contributed by atoms with E-state index in [1.54, 1.807) is 49.3 Å². The van der Waals surface area contributed by atoms with Crippen molar-refractivity contribution in [3.05, 3.63) is 176 Å². The Kier molecular flexibility index (Phi) is 50.2. The fourth-order valence-corrected chi connectivity index (χ4v) is 7.66. The van der Waals surface area contributed by atoms with Gasteiger partial charge in [-0.05, 0) is 149 Å². The average Bonchev–Trinajstić information content (AvgIpc) is 4.17. The number of aryl methyl sites for hydroxylation is 3. The van der Waals surface area contributed by atoms with Crippen molar-refractivity contribution in [2.45, 2.75) is 128 Å². The minimum absolute atomic E-state index is 0. The number of furan rings is 4. The summed E-state index contributed by atoms with van der Waals surface area (Å²) in [6, 6.07) is 25.1. The number of unbranched alkanes of at least 4 members (excludes halogenated alkanes) is 4. The van der Waals surface area contributed by atoms with Crippen molar-refractivity contribution in [3.63, 3.8) is 0 Å². The van der Waals surface area contributed by atoms with Gasteiger partial charge in [0, 0.05) is 117 Å². The summed E-state index contributed by atoms with van der Waals surface area (Å²) in [5.41, 5.74) is -0.0687. The predicted molar refractivity (Wildman–Crippen MR) is 283 cm³/mol. The maximum Gasteiger partial charge on any atom is 1.00 e. The predicted octanol–water partition coefficient (Wildman–Crippen LogP) is 13.5. The second kappa shape index (κ2) is 49.0. The molecule has 1 aromatic carbocycles. The van der Waals surface area contributed by atoms with Gasteiger partial charge in [-0.25, -0.2) is 4.36 Å². The number of terminal acetylenes is 2. The van der Waals surface area contributed by atoms with Crippen LogP contribution in [0.2, 0.25) is 0 Å². The van der Waals surface area contributed by atoms with Crippen molar-refractivity contribution in [3.8, 4) is 24.7 Å². The summed E-state index contributed by atoms with van der Waals surface area (Å²) in [4.78, 5) is 11.2. The number of allylic oxidation sites excluding steroid dienone is 7. The first-order valence-electron chi connectivity index (χ1n) is 22.4. The molecule has 5 aromatic rings. The Morgan fingerprint density at radius 2 is 1.41 bits per heavy atom. The summed E-state index contributed by atoms with van der Waals surface area (Å²) in [5, 5.41) is 9.24. The van der Waals surface area contributed by atoms with Crippen molar-refractivity contribution in [1.29, 1.82) is 0 Å². The molecule has 2 aliphatic carbocycles. The van der Waals surface area contributed by atoms with Crippen LogP contribution in [0.15, 0.2) is 173 Å². The van der Waals surface area contributed by atoms with Crippen LogP contribution in [0.25, 0.3) is 0 Å². The maximum atomic E-state index is 10.2. The molecule has 0 bridgehead atoms. The van der Waals surface area contributed by atoms with Gasteiger partial charge in [-0.3, -0.25) is 10.9 Å². The van der Waals surface area contributed by atoms with Crippen LogP contribution in [0.4, 0.5) is 0 Å². The Balaban J connectivity index is -0.000000755. The van der Waals surface area contributed by atoms with Gasteiger partial charge >= 0.3 is 18.9 Å². The van der Waals surface area contributed by atoms with Crippen LogP contribution in [-0.2, 0) is 86.4 Å². The van der Waals surface area contributed by atoms with Crippen molar-refractivity contribution >= 4 is 49.0 Å². The smallest absolute Gasteiger partial charge is 0.599 e. The van der Waals surface area contributed by atoms with Gasteiger partial charge in [0.15, 0.2) is 5.78 Å². The quantitative estimate of drug-likeness (QED) is 0.0213. The average molecular weight is 1240 g/mol. The van der Waals surface area contributed by atoms with Crippen LogP contribution in [0.1, 0.15) is 115 Å². The van der Waals surface area contributed by atoms with E-state index in [9.17, 15) is 9.90 Å². The molecule has 69 heavy (non-hydrogen) atoms. The van der Waals surface area contributed by atoms with Crippen LogP contribution in [0.5, 0.6) is 0 Å². The largest absolute Gasteiger partial charge is 1.00 e. The summed E-state index contributed by atoms with van der Waals surface area (Å²) < 4.78 is 25.6. The Morgan fingerprint density at radius 1 is 0.841 bits per heavy atom. The third kappa shape index (κ3) is 43.9. The van der Waals surface area contributed by atoms with E-state index in [-0.39, 0.29) is 82.6 Å². The standard InChI is InChI=1S/C14H18O2.C10H14ClNS.C9H11O.C9H10O.C5H7I.C5H6O.C4H3O.Li.2Zr/c15-13-9-8-12(11-13)5-2-1-3-6-14-7-4-10-16-14;1-10(2,3)12-13(11)9-7-5-4-6-8-9;2*1-2-3-4-6-9-7-5-8-10-9;1-2-3-4-5-6;6-5-3-1-2-4-5;1-2-4-5-3-1;;;/h2,4-5,7,10-12,15H,1,3,6,8-9H2;4-8H,1-3H3;1-2,5,7-8H,3-4,6H2;1,5,7-8H,3-4,6H2;1H,3-5H2;1,3H,2,4H2;1-3H;;;/q;;-1;;;;-1;+1;;/b5-2+;;;;;;;;;. The first-order valence-corrected chi connectivity index (χ1v) is 25.9. The molecule has 0 aliphatic heterocycles. The van der Waals surface area contributed by atoms with Crippen LogP contribution in [0.3, 0.4) is 0 Å². The number of carbonyl (C=O) groups excluding carboxylic acids is 1. The molecular formula is C56H69ClILiNO6SZr2-. The summed E-state index contributed by atoms with van der Waals surface area (Å²) in [5.74, 6) is 9.55. The molecule has 0 radical (unpaired) electrons. The molecule has 4 heterocycles. The molecule has 2 aliphatic rings. The molecule has 7 rings (SSSR count). The summed E-state index contributed by atoms with van der Waals surface area (Å²) in [6.07, 6.45) is 45.5. The topological polar surface area (TPSA) is 102 Å². The molecule has 0 fully saturated rings. The van der Waals surface area contributed by atoms with Gasteiger partial charge in [-0.15, -0.1) is 30.8 Å². The van der Waals surface area contributed by atoms with E-state index >= 15 is 0 Å². The number of hydrogen-bond donors (Lipinski definition) is 1. The molecule has 1 N–H and O–H groups in total. The fraction of sp³-hybridized carbons (Fsp3) is 0.375. The van der Waals surface area contributed by atoms with Crippen molar-refractivity contribution in [2.75, 3.05) is 4.43 Å². The van der Waals surface area contributed by atoms with Crippen molar-refractivity contribution in [1.82, 2.24) is 0 Å². The van der Waals surface area contributed by atoms with Gasteiger partial charge in [0.1, 0.15) is 17.3 Å². The Morgan fingerprint density at radius 3 is 1.77 bits per heavy atom. The van der Waals surface area contributed by atoms with Crippen LogP contribution in [0, 0.1) is 43.4 Å². The van der Waals surface area contributed by atoms with Gasteiger partial charge < -0.3 is 29.4 Å². The molecule has 2 atom stereocenters. The number of hydrogen-bond acceptors (Lipinski definition) is 7. The monoisotopic (exact) mass is 1230 g/mol. The van der Waals surface area contributed by atoms with Gasteiger partial charge in [0.2, 0.25) is 0 Å². The normalized spacial score (nSPS) is 13.1. The number of carbonyl (C=O) groups is 1. The number of aliphatic hydroxyl groups is 1. The first-order chi connectivity index (χ1) is 32.0. The molecule has 13 heteroatoms. The Hall–Kier alpha value is -2.58. The molecule has 364 valence electrons. The SMILES string of the molecule is C#CCCCI.C#CCCCc1ccco1.CC(C)(C)N=S(Cl)c1ccccc1.O=C1C=CCC1.OC1=CC(/C=C/CCCc2ccco2)CC1.[CH-]=CCCCc1ccco1.[Li+].[Zr].[Zr].[c-]1ccco1. The molecule has 0 saturated carbocycles. The van der Waals surface area contributed by atoms with E-state index in [1.807, 2.05) is 78.9 Å². The number of benzene rings is 1. The van der Waals surface area contributed by atoms with Gasteiger partial charge in [-0.1, -0.05) is 71.7 Å². The van der Waals surface area contributed by atoms with E-state index in [0.717, 1.165) is 118 Å².